The van der Waals surface area contributed by atoms with Gasteiger partial charge in [0.25, 0.3) is 5.91 Å². The number of carbonyl (C=O) groups is 2. The summed E-state index contributed by atoms with van der Waals surface area (Å²) in [5.74, 6) is -1.24. The van der Waals surface area contributed by atoms with Crippen molar-refractivity contribution in [1.82, 2.24) is 15.1 Å². The molecule has 1 fully saturated rings. The number of hydrogen-bond donors (Lipinski definition) is 1. The smallest absolute Gasteiger partial charge is 0.326 e. The number of rotatable bonds is 2. The minimum absolute atomic E-state index is 0.292. The van der Waals surface area contributed by atoms with E-state index >= 15 is 0 Å². The lowest BCUT2D eigenvalue weighted by Gasteiger charge is -2.20. The average Bonchev–Trinajstić information content (AvgIpc) is 2.78. The van der Waals surface area contributed by atoms with Crippen molar-refractivity contribution in [1.29, 1.82) is 0 Å². The molecule has 0 radical (unpaired) electrons. The number of carbonyl (C=O) groups excluding carboxylic acids is 1. The second-order valence-electron chi connectivity index (χ2n) is 3.63. The van der Waals surface area contributed by atoms with Gasteiger partial charge in [-0.15, -0.1) is 0 Å². The molecule has 2 rings (SSSR count). The van der Waals surface area contributed by atoms with Crippen LogP contribution in [0.1, 0.15) is 23.2 Å². The topological polar surface area (TPSA) is 83.4 Å². The fourth-order valence-corrected chi connectivity index (χ4v) is 1.85. The van der Waals surface area contributed by atoms with Crippen molar-refractivity contribution in [2.24, 2.45) is 0 Å². The zero-order valence-corrected chi connectivity index (χ0v) is 8.54. The van der Waals surface area contributed by atoms with E-state index in [9.17, 15) is 9.59 Å². The van der Waals surface area contributed by atoms with E-state index in [1.165, 1.54) is 23.4 Å². The molecule has 0 unspecified atom stereocenters. The number of hydrogen-bond acceptors (Lipinski definition) is 4. The van der Waals surface area contributed by atoms with Gasteiger partial charge < -0.3 is 10.0 Å². The fraction of sp³-hybridized carbons (Fsp3) is 0.400. The molecule has 6 heteroatoms. The molecule has 1 atom stereocenters. The first-order chi connectivity index (χ1) is 7.70. The van der Waals surface area contributed by atoms with Crippen molar-refractivity contribution in [3.05, 3.63) is 24.0 Å². The number of aliphatic carboxylic acids is 1. The summed E-state index contributed by atoms with van der Waals surface area (Å²) in [6, 6.07) is 0.827. The van der Waals surface area contributed by atoms with Gasteiger partial charge >= 0.3 is 5.97 Å². The van der Waals surface area contributed by atoms with E-state index in [1.807, 2.05) is 0 Å². The molecule has 84 valence electrons. The predicted molar refractivity (Wildman–Crippen MR) is 53.7 cm³/mol. The highest BCUT2D eigenvalue weighted by atomic mass is 16.4. The number of aromatic nitrogens is 2. The third kappa shape index (κ3) is 1.86. The molecule has 1 saturated heterocycles. The highest BCUT2D eigenvalue weighted by molar-refractivity contribution is 5.96. The van der Waals surface area contributed by atoms with Crippen LogP contribution in [0.2, 0.25) is 0 Å². The van der Waals surface area contributed by atoms with Crippen molar-refractivity contribution in [2.45, 2.75) is 18.9 Å². The predicted octanol–water partition coefficient (Wildman–Crippen LogP) is 0.166. The monoisotopic (exact) mass is 221 g/mol. The van der Waals surface area contributed by atoms with Crippen molar-refractivity contribution in [3.63, 3.8) is 0 Å². The Hall–Kier alpha value is -1.98. The third-order valence-corrected chi connectivity index (χ3v) is 2.63. The summed E-state index contributed by atoms with van der Waals surface area (Å²) in [6.45, 7) is 0.484. The van der Waals surface area contributed by atoms with Crippen molar-refractivity contribution < 1.29 is 14.7 Å². The summed E-state index contributed by atoms with van der Waals surface area (Å²) in [4.78, 5) is 24.3. The van der Waals surface area contributed by atoms with Gasteiger partial charge in [-0.25, -0.2) is 4.79 Å². The number of likely N-dealkylation sites (tertiary alicyclic amines) is 1. The van der Waals surface area contributed by atoms with Crippen LogP contribution in [0.15, 0.2) is 18.5 Å². The standard InChI is InChI=1S/C10H11N3O3/c14-9(7-3-4-11-12-6-7)13-5-1-2-8(13)10(15)16/h3-4,6,8H,1-2,5H2,(H,15,16)/t8-/m0/s1. The summed E-state index contributed by atoms with van der Waals surface area (Å²) >= 11 is 0. The second kappa shape index (κ2) is 4.26. The van der Waals surface area contributed by atoms with Crippen LogP contribution in [0.3, 0.4) is 0 Å². The minimum atomic E-state index is -0.951. The number of carboxylic acids is 1. The minimum Gasteiger partial charge on any atom is -0.480 e. The molecule has 0 aliphatic carbocycles. The van der Waals surface area contributed by atoms with Gasteiger partial charge in [-0.3, -0.25) is 4.79 Å². The van der Waals surface area contributed by atoms with Gasteiger partial charge in [-0.2, -0.15) is 10.2 Å². The lowest BCUT2D eigenvalue weighted by atomic mass is 10.2. The highest BCUT2D eigenvalue weighted by Gasteiger charge is 2.34. The third-order valence-electron chi connectivity index (χ3n) is 2.63. The van der Waals surface area contributed by atoms with Crippen molar-refractivity contribution in [2.75, 3.05) is 6.54 Å². The Morgan fingerprint density at radius 2 is 2.25 bits per heavy atom. The number of nitrogens with zero attached hydrogens (tertiary/aromatic N) is 3. The van der Waals surface area contributed by atoms with Gasteiger partial charge in [0.05, 0.1) is 18.0 Å². The van der Waals surface area contributed by atoms with E-state index in [0.29, 0.717) is 18.5 Å². The Kier molecular flexibility index (Phi) is 2.80. The van der Waals surface area contributed by atoms with E-state index in [1.54, 1.807) is 0 Å². The molecule has 1 N–H and O–H groups in total. The van der Waals surface area contributed by atoms with Crippen molar-refractivity contribution in [3.8, 4) is 0 Å². The van der Waals surface area contributed by atoms with Crippen LogP contribution < -0.4 is 0 Å². The van der Waals surface area contributed by atoms with Crippen LogP contribution in [-0.4, -0.2) is 44.7 Å². The quantitative estimate of drug-likeness (QED) is 0.769. The Balaban J connectivity index is 2.19. The molecule has 1 aromatic rings. The molecule has 1 amide bonds. The lowest BCUT2D eigenvalue weighted by Crippen LogP contribution is -2.40. The molecule has 16 heavy (non-hydrogen) atoms. The summed E-state index contributed by atoms with van der Waals surface area (Å²) in [7, 11) is 0. The second-order valence-corrected chi connectivity index (χ2v) is 3.63. The maximum Gasteiger partial charge on any atom is 0.326 e. The van der Waals surface area contributed by atoms with Gasteiger partial charge in [0.2, 0.25) is 0 Å². The molecule has 6 nitrogen and oxygen atoms in total. The van der Waals surface area contributed by atoms with E-state index in [2.05, 4.69) is 10.2 Å². The normalized spacial score (nSPS) is 19.8. The Morgan fingerprint density at radius 3 is 2.88 bits per heavy atom. The van der Waals surface area contributed by atoms with Gasteiger partial charge in [-0.1, -0.05) is 0 Å². The van der Waals surface area contributed by atoms with Crippen LogP contribution >= 0.6 is 0 Å². The van der Waals surface area contributed by atoms with Crippen LogP contribution in [0.5, 0.6) is 0 Å². The lowest BCUT2D eigenvalue weighted by molar-refractivity contribution is -0.141. The van der Waals surface area contributed by atoms with Crippen LogP contribution in [0.25, 0.3) is 0 Å². The Labute approximate surface area is 91.9 Å². The Morgan fingerprint density at radius 1 is 1.44 bits per heavy atom. The fourth-order valence-electron chi connectivity index (χ4n) is 1.85. The molecule has 0 aromatic carbocycles. The van der Waals surface area contributed by atoms with Gasteiger partial charge in [0.1, 0.15) is 6.04 Å². The molecule has 1 aromatic heterocycles. The Bertz CT molecular complexity index is 407. The highest BCUT2D eigenvalue weighted by Crippen LogP contribution is 2.19. The van der Waals surface area contributed by atoms with Crippen LogP contribution in [-0.2, 0) is 4.79 Å². The molecule has 0 saturated carbocycles. The van der Waals surface area contributed by atoms with Gasteiger partial charge in [-0.05, 0) is 18.9 Å². The molecule has 0 bridgehead atoms. The first kappa shape index (κ1) is 10.5. The molecule has 1 aliphatic rings. The largest absolute Gasteiger partial charge is 0.480 e. The maximum atomic E-state index is 12.0. The van der Waals surface area contributed by atoms with E-state index < -0.39 is 12.0 Å². The number of amides is 1. The molecular formula is C10H11N3O3. The van der Waals surface area contributed by atoms with E-state index in [4.69, 9.17) is 5.11 Å². The summed E-state index contributed by atoms with van der Waals surface area (Å²) < 4.78 is 0. The van der Waals surface area contributed by atoms with Crippen molar-refractivity contribution >= 4 is 11.9 Å². The maximum absolute atomic E-state index is 12.0. The molecular weight excluding hydrogens is 210 g/mol. The summed E-state index contributed by atoms with van der Waals surface area (Å²) in [5.41, 5.74) is 0.378. The SMILES string of the molecule is O=C(O)[C@@H]1CCCN1C(=O)c1ccnnc1. The van der Waals surface area contributed by atoms with Crippen LogP contribution in [0, 0.1) is 0 Å². The average molecular weight is 221 g/mol. The molecule has 0 spiro atoms. The van der Waals surface area contributed by atoms with Crippen LogP contribution in [0.4, 0.5) is 0 Å². The first-order valence-corrected chi connectivity index (χ1v) is 5.00. The number of carboxylic acid groups (broad SMARTS) is 1. The summed E-state index contributed by atoms with van der Waals surface area (Å²) in [6.07, 6.45) is 4.00. The van der Waals surface area contributed by atoms with E-state index in [-0.39, 0.29) is 5.91 Å². The summed E-state index contributed by atoms with van der Waals surface area (Å²) in [5, 5.41) is 16.1. The molecule has 1 aliphatic heterocycles. The van der Waals surface area contributed by atoms with E-state index in [0.717, 1.165) is 6.42 Å². The van der Waals surface area contributed by atoms with Gasteiger partial charge in [0.15, 0.2) is 0 Å². The van der Waals surface area contributed by atoms with Gasteiger partial charge in [0, 0.05) is 6.54 Å². The molecule has 2 heterocycles. The first-order valence-electron chi connectivity index (χ1n) is 5.00. The zero-order chi connectivity index (χ0) is 11.5. The zero-order valence-electron chi connectivity index (χ0n) is 8.54.